The molecule has 0 unspecified atom stereocenters. The van der Waals surface area contributed by atoms with Gasteiger partial charge in [-0.1, -0.05) is 17.8 Å². The van der Waals surface area contributed by atoms with Gasteiger partial charge >= 0.3 is 6.29 Å². The molecular weight excluding hydrogens is 336 g/mol. The van der Waals surface area contributed by atoms with Crippen molar-refractivity contribution in [1.82, 2.24) is 15.0 Å². The normalized spacial score (nSPS) is 15.2. The molecule has 2 aromatic heterocycles. The van der Waals surface area contributed by atoms with Gasteiger partial charge in [0.25, 0.3) is 0 Å². The lowest BCUT2D eigenvalue weighted by Gasteiger charge is -2.04. The zero-order chi connectivity index (χ0) is 16.9. The van der Waals surface area contributed by atoms with Gasteiger partial charge in [0.1, 0.15) is 0 Å². The number of aromatic amines is 1. The zero-order valence-electron chi connectivity index (χ0n) is 12.9. The number of hydrogen-bond acceptors (Lipinski definition) is 5. The maximum atomic E-state index is 13.1. The van der Waals surface area contributed by atoms with Crippen LogP contribution in [0.5, 0.6) is 11.5 Å². The third-order valence-corrected chi connectivity index (χ3v) is 4.54. The summed E-state index contributed by atoms with van der Waals surface area (Å²) < 4.78 is 35.0. The number of fused-ring (bicyclic) bond motifs is 2. The Morgan fingerprint density at radius 2 is 1.92 bits per heavy atom. The van der Waals surface area contributed by atoms with Crippen LogP contribution in [-0.2, 0) is 5.75 Å². The van der Waals surface area contributed by atoms with E-state index in [9.17, 15) is 8.78 Å². The fourth-order valence-electron chi connectivity index (χ4n) is 2.53. The second-order valence-electron chi connectivity index (χ2n) is 5.59. The largest absolute Gasteiger partial charge is 0.586 e. The summed E-state index contributed by atoms with van der Waals surface area (Å²) in [5.74, 6) is 0.659. The molecule has 0 saturated carbocycles. The summed E-state index contributed by atoms with van der Waals surface area (Å²) in [5.41, 5.74) is 4.40. The highest BCUT2D eigenvalue weighted by Crippen LogP contribution is 2.43. The Morgan fingerprint density at radius 1 is 1.17 bits per heavy atom. The first-order chi connectivity index (χ1) is 11.4. The predicted molar refractivity (Wildman–Crippen MR) is 85.6 cm³/mol. The topological polar surface area (TPSA) is 60.0 Å². The maximum absolute atomic E-state index is 13.1. The minimum absolute atomic E-state index is 0.00347. The summed E-state index contributed by atoms with van der Waals surface area (Å²) >= 11 is 1.50. The van der Waals surface area contributed by atoms with Crippen molar-refractivity contribution < 1.29 is 18.3 Å². The fourth-order valence-corrected chi connectivity index (χ4v) is 3.45. The summed E-state index contributed by atoms with van der Waals surface area (Å²) in [6.07, 6.45) is -1.78. The number of thioether (sulfide) groups is 1. The van der Waals surface area contributed by atoms with Crippen molar-refractivity contribution in [3.8, 4) is 11.5 Å². The number of hydrogen-bond donors (Lipinski definition) is 1. The molecule has 0 saturated heterocycles. The highest BCUT2D eigenvalue weighted by molar-refractivity contribution is 7.98. The number of rotatable bonds is 3. The lowest BCUT2D eigenvalue weighted by molar-refractivity contribution is -0.286. The number of alkyl halides is 2. The minimum Gasteiger partial charge on any atom is -0.395 e. The van der Waals surface area contributed by atoms with Crippen molar-refractivity contribution in [2.75, 3.05) is 0 Å². The number of imidazole rings is 1. The van der Waals surface area contributed by atoms with Crippen LogP contribution in [-0.4, -0.2) is 21.2 Å². The van der Waals surface area contributed by atoms with E-state index in [1.807, 2.05) is 20.0 Å². The highest BCUT2D eigenvalue weighted by Gasteiger charge is 2.43. The summed E-state index contributed by atoms with van der Waals surface area (Å²) in [4.78, 5) is 11.9. The van der Waals surface area contributed by atoms with Gasteiger partial charge in [-0.05, 0) is 25.0 Å². The Hall–Kier alpha value is -2.35. The number of nitrogens with one attached hydrogen (secondary N) is 1. The molecule has 0 amide bonds. The lowest BCUT2D eigenvalue weighted by atomic mass is 10.2. The highest BCUT2D eigenvalue weighted by atomic mass is 32.2. The van der Waals surface area contributed by atoms with Crippen LogP contribution in [0.15, 0.2) is 29.6 Å². The molecule has 124 valence electrons. The van der Waals surface area contributed by atoms with E-state index in [4.69, 9.17) is 0 Å². The summed E-state index contributed by atoms with van der Waals surface area (Å²) in [5, 5.41) is 0.683. The van der Waals surface area contributed by atoms with Gasteiger partial charge in [0.15, 0.2) is 16.7 Å². The third-order valence-electron chi connectivity index (χ3n) is 3.65. The second kappa shape index (κ2) is 5.34. The molecule has 1 aromatic carbocycles. The second-order valence-corrected chi connectivity index (χ2v) is 6.55. The molecule has 8 heteroatoms. The predicted octanol–water partition coefficient (Wildman–Crippen LogP) is 4.19. The third kappa shape index (κ3) is 2.77. The van der Waals surface area contributed by atoms with Gasteiger partial charge in [-0.3, -0.25) is 4.98 Å². The number of ether oxygens (including phenoxy) is 2. The Labute approximate surface area is 140 Å². The Bertz CT molecular complexity index is 897. The van der Waals surface area contributed by atoms with E-state index in [1.54, 1.807) is 0 Å². The number of aromatic nitrogens is 3. The van der Waals surface area contributed by atoms with Gasteiger partial charge in [-0.15, -0.1) is 8.78 Å². The molecule has 1 aliphatic rings. The van der Waals surface area contributed by atoms with Crippen LogP contribution < -0.4 is 9.47 Å². The average molecular weight is 349 g/mol. The van der Waals surface area contributed by atoms with E-state index < -0.39 is 6.29 Å². The van der Waals surface area contributed by atoms with Gasteiger partial charge in [-0.25, -0.2) is 4.98 Å². The van der Waals surface area contributed by atoms with E-state index in [0.717, 1.165) is 16.8 Å². The summed E-state index contributed by atoms with van der Waals surface area (Å²) in [6, 6.07) is 5.00. The van der Waals surface area contributed by atoms with Crippen LogP contribution in [0.1, 0.15) is 16.8 Å². The number of pyridine rings is 1. The molecule has 0 aliphatic carbocycles. The molecule has 3 aromatic rings. The molecule has 0 fully saturated rings. The molecule has 0 spiro atoms. The van der Waals surface area contributed by atoms with Crippen molar-refractivity contribution in [2.24, 2.45) is 0 Å². The van der Waals surface area contributed by atoms with E-state index in [1.165, 1.54) is 23.9 Å². The molecule has 24 heavy (non-hydrogen) atoms. The van der Waals surface area contributed by atoms with Crippen molar-refractivity contribution in [2.45, 2.75) is 31.1 Å². The van der Waals surface area contributed by atoms with Crippen LogP contribution in [0, 0.1) is 13.8 Å². The molecule has 0 atom stereocenters. The molecule has 4 rings (SSSR count). The van der Waals surface area contributed by atoms with E-state index >= 15 is 0 Å². The molecule has 3 heterocycles. The first-order valence-corrected chi connectivity index (χ1v) is 8.23. The molecular formula is C16H13F2N3O2S. The van der Waals surface area contributed by atoms with Gasteiger partial charge in [-0.2, -0.15) is 0 Å². The monoisotopic (exact) mass is 349 g/mol. The quantitative estimate of drug-likeness (QED) is 0.719. The molecule has 1 aliphatic heterocycles. The van der Waals surface area contributed by atoms with Crippen LogP contribution in [0.25, 0.3) is 11.0 Å². The lowest BCUT2D eigenvalue weighted by Crippen LogP contribution is -2.25. The smallest absolute Gasteiger partial charge is 0.395 e. The summed E-state index contributed by atoms with van der Waals surface area (Å²) in [6.45, 7) is 4.02. The number of halogens is 2. The van der Waals surface area contributed by atoms with Crippen LogP contribution >= 0.6 is 11.8 Å². The van der Waals surface area contributed by atoms with Crippen LogP contribution in [0.2, 0.25) is 0 Å². The first-order valence-electron chi connectivity index (χ1n) is 7.24. The molecule has 1 N–H and O–H groups in total. The molecule has 0 radical (unpaired) electrons. The van der Waals surface area contributed by atoms with Gasteiger partial charge in [0.2, 0.25) is 0 Å². The van der Waals surface area contributed by atoms with Crippen molar-refractivity contribution in [3.05, 3.63) is 41.2 Å². The standard InChI is InChI=1S/C16H13F2N3O2S/c1-8-3-9(2)12(19-6-8)7-24-15-20-10-4-13-14(5-11(10)21-15)23-16(17,18)22-13/h3-6H,7H2,1-2H3,(H,20,21). The van der Waals surface area contributed by atoms with Gasteiger partial charge in [0, 0.05) is 24.1 Å². The summed E-state index contributed by atoms with van der Waals surface area (Å²) in [7, 11) is 0. The van der Waals surface area contributed by atoms with E-state index in [-0.39, 0.29) is 11.5 Å². The first kappa shape index (κ1) is 15.2. The Morgan fingerprint density at radius 3 is 2.67 bits per heavy atom. The molecule has 5 nitrogen and oxygen atoms in total. The number of benzene rings is 1. The van der Waals surface area contributed by atoms with Gasteiger partial charge in [0.05, 0.1) is 16.7 Å². The average Bonchev–Trinajstić information content (AvgIpc) is 3.00. The number of nitrogens with zero attached hydrogens (tertiary/aromatic N) is 2. The number of H-pyrrole nitrogens is 1. The van der Waals surface area contributed by atoms with Crippen LogP contribution in [0.3, 0.4) is 0 Å². The van der Waals surface area contributed by atoms with Crippen LogP contribution in [0.4, 0.5) is 8.78 Å². The Kier molecular flexibility index (Phi) is 3.38. The SMILES string of the molecule is Cc1cnc(CSc2nc3cc4c(cc3[nH]2)OC(F)(F)O4)c(C)c1. The van der Waals surface area contributed by atoms with Crippen molar-refractivity contribution in [3.63, 3.8) is 0 Å². The zero-order valence-corrected chi connectivity index (χ0v) is 13.7. The van der Waals surface area contributed by atoms with E-state index in [2.05, 4.69) is 30.5 Å². The van der Waals surface area contributed by atoms with Crippen molar-refractivity contribution in [1.29, 1.82) is 0 Å². The minimum atomic E-state index is -3.62. The fraction of sp³-hybridized carbons (Fsp3) is 0.250. The Balaban J connectivity index is 1.56. The van der Waals surface area contributed by atoms with Gasteiger partial charge < -0.3 is 14.5 Å². The van der Waals surface area contributed by atoms with Crippen molar-refractivity contribution >= 4 is 22.8 Å². The number of aryl methyl sites for hydroxylation is 2. The van der Waals surface area contributed by atoms with E-state index in [0.29, 0.717) is 21.9 Å². The maximum Gasteiger partial charge on any atom is 0.586 e. The molecule has 0 bridgehead atoms.